The Bertz CT molecular complexity index is 625. The van der Waals surface area contributed by atoms with E-state index >= 15 is 0 Å². The highest BCUT2D eigenvalue weighted by Crippen LogP contribution is 2.24. The van der Waals surface area contributed by atoms with Crippen LogP contribution in [0.25, 0.3) is 11.3 Å². The lowest BCUT2D eigenvalue weighted by Gasteiger charge is -2.05. The first-order valence-electron chi connectivity index (χ1n) is 5.81. The van der Waals surface area contributed by atoms with Crippen LogP contribution in [-0.4, -0.2) is 14.5 Å². The molecule has 0 amide bonds. The standard InChI is InChI=1S/C13H13NO3S/c15-18(16,14-11-5-6-11)12-7-3-10(4-8-12)13-2-1-9-17-13/h1-4,7-9,11,14H,5-6H2. The van der Waals surface area contributed by atoms with Gasteiger partial charge in [0.15, 0.2) is 0 Å². The van der Waals surface area contributed by atoms with Crippen molar-refractivity contribution in [3.8, 4) is 11.3 Å². The third-order valence-corrected chi connectivity index (χ3v) is 4.41. The van der Waals surface area contributed by atoms with E-state index in [0.717, 1.165) is 24.2 Å². The van der Waals surface area contributed by atoms with E-state index in [1.807, 2.05) is 6.07 Å². The van der Waals surface area contributed by atoms with E-state index in [0.29, 0.717) is 4.90 Å². The molecule has 1 aliphatic rings. The average molecular weight is 263 g/mol. The van der Waals surface area contributed by atoms with Crippen molar-refractivity contribution in [2.45, 2.75) is 23.8 Å². The van der Waals surface area contributed by atoms with E-state index in [4.69, 9.17) is 4.42 Å². The predicted molar refractivity (Wildman–Crippen MR) is 67.5 cm³/mol. The Morgan fingerprint density at radius 1 is 1.11 bits per heavy atom. The first-order valence-corrected chi connectivity index (χ1v) is 7.30. The molecule has 4 nitrogen and oxygen atoms in total. The smallest absolute Gasteiger partial charge is 0.240 e. The summed E-state index contributed by atoms with van der Waals surface area (Å²) in [5.41, 5.74) is 0.866. The Labute approximate surface area is 106 Å². The summed E-state index contributed by atoms with van der Waals surface area (Å²) in [6.07, 6.45) is 3.46. The monoisotopic (exact) mass is 263 g/mol. The highest BCUT2D eigenvalue weighted by molar-refractivity contribution is 7.89. The average Bonchev–Trinajstić information content (AvgIpc) is 2.99. The van der Waals surface area contributed by atoms with Gasteiger partial charge in [-0.3, -0.25) is 0 Å². The molecule has 0 saturated heterocycles. The molecule has 94 valence electrons. The van der Waals surface area contributed by atoms with Gasteiger partial charge in [0.1, 0.15) is 5.76 Å². The lowest BCUT2D eigenvalue weighted by molar-refractivity contribution is 0.579. The topological polar surface area (TPSA) is 59.3 Å². The third-order valence-electron chi connectivity index (χ3n) is 2.87. The maximum absolute atomic E-state index is 11.9. The van der Waals surface area contributed by atoms with Crippen LogP contribution in [0, 0.1) is 0 Å². The van der Waals surface area contributed by atoms with Crippen molar-refractivity contribution < 1.29 is 12.8 Å². The number of benzene rings is 1. The molecule has 0 radical (unpaired) electrons. The molecule has 1 N–H and O–H groups in total. The molecule has 5 heteroatoms. The van der Waals surface area contributed by atoms with Gasteiger partial charge in [0.05, 0.1) is 11.2 Å². The van der Waals surface area contributed by atoms with Crippen molar-refractivity contribution in [3.05, 3.63) is 42.7 Å². The molecule has 1 aromatic carbocycles. The number of furan rings is 1. The molecular weight excluding hydrogens is 250 g/mol. The quantitative estimate of drug-likeness (QED) is 0.921. The van der Waals surface area contributed by atoms with Crippen LogP contribution in [0.3, 0.4) is 0 Å². The van der Waals surface area contributed by atoms with Crippen LogP contribution >= 0.6 is 0 Å². The third kappa shape index (κ3) is 2.32. The van der Waals surface area contributed by atoms with Gasteiger partial charge in [-0.15, -0.1) is 0 Å². The van der Waals surface area contributed by atoms with E-state index in [9.17, 15) is 8.42 Å². The second-order valence-electron chi connectivity index (χ2n) is 4.40. The molecule has 0 atom stereocenters. The van der Waals surface area contributed by atoms with E-state index in [1.54, 1.807) is 36.6 Å². The van der Waals surface area contributed by atoms with Crippen LogP contribution < -0.4 is 4.72 Å². The summed E-state index contributed by atoms with van der Waals surface area (Å²) in [5, 5.41) is 0. The minimum Gasteiger partial charge on any atom is -0.464 e. The van der Waals surface area contributed by atoms with Crippen molar-refractivity contribution in [1.82, 2.24) is 4.72 Å². The summed E-state index contributed by atoms with van der Waals surface area (Å²) in [7, 11) is -3.36. The zero-order valence-electron chi connectivity index (χ0n) is 9.67. The summed E-state index contributed by atoms with van der Waals surface area (Å²) in [4.78, 5) is 0.296. The highest BCUT2D eigenvalue weighted by Gasteiger charge is 2.27. The van der Waals surface area contributed by atoms with Gasteiger partial charge < -0.3 is 4.42 Å². The van der Waals surface area contributed by atoms with E-state index in [-0.39, 0.29) is 6.04 Å². The number of sulfonamides is 1. The number of rotatable bonds is 4. The van der Waals surface area contributed by atoms with Gasteiger partial charge >= 0.3 is 0 Å². The summed E-state index contributed by atoms with van der Waals surface area (Å²) in [6, 6.07) is 10.5. The first kappa shape index (κ1) is 11.5. The molecule has 1 aliphatic carbocycles. The lowest BCUT2D eigenvalue weighted by Crippen LogP contribution is -2.25. The van der Waals surface area contributed by atoms with Crippen LogP contribution in [0.15, 0.2) is 52.0 Å². The number of hydrogen-bond acceptors (Lipinski definition) is 3. The summed E-state index contributed by atoms with van der Waals surface area (Å²) >= 11 is 0. The van der Waals surface area contributed by atoms with Gasteiger partial charge in [0.25, 0.3) is 0 Å². The molecular formula is C13H13NO3S. The van der Waals surface area contributed by atoms with Crippen LogP contribution in [-0.2, 0) is 10.0 Å². The van der Waals surface area contributed by atoms with E-state index in [2.05, 4.69) is 4.72 Å². The van der Waals surface area contributed by atoms with Gasteiger partial charge in [-0.2, -0.15) is 0 Å². The van der Waals surface area contributed by atoms with Crippen molar-refractivity contribution in [3.63, 3.8) is 0 Å². The zero-order valence-corrected chi connectivity index (χ0v) is 10.5. The largest absolute Gasteiger partial charge is 0.464 e. The first-order chi connectivity index (χ1) is 8.65. The van der Waals surface area contributed by atoms with Crippen molar-refractivity contribution >= 4 is 10.0 Å². The van der Waals surface area contributed by atoms with Crippen molar-refractivity contribution in [2.75, 3.05) is 0 Å². The summed E-state index contributed by atoms with van der Waals surface area (Å²) in [5.74, 6) is 0.731. The van der Waals surface area contributed by atoms with Crippen LogP contribution in [0.4, 0.5) is 0 Å². The second-order valence-corrected chi connectivity index (χ2v) is 6.11. The summed E-state index contributed by atoms with van der Waals surface area (Å²) in [6.45, 7) is 0. The fourth-order valence-electron chi connectivity index (χ4n) is 1.73. The lowest BCUT2D eigenvalue weighted by atomic mass is 10.2. The van der Waals surface area contributed by atoms with Crippen LogP contribution in [0.1, 0.15) is 12.8 Å². The highest BCUT2D eigenvalue weighted by atomic mass is 32.2. The SMILES string of the molecule is O=S(=O)(NC1CC1)c1ccc(-c2ccco2)cc1. The molecule has 1 fully saturated rings. The summed E-state index contributed by atoms with van der Waals surface area (Å²) < 4.78 is 31.8. The molecule has 0 aliphatic heterocycles. The predicted octanol–water partition coefficient (Wildman–Crippen LogP) is 2.39. The Morgan fingerprint density at radius 2 is 1.83 bits per heavy atom. The van der Waals surface area contributed by atoms with Gasteiger partial charge in [-0.25, -0.2) is 13.1 Å². The zero-order chi connectivity index (χ0) is 12.6. The van der Waals surface area contributed by atoms with Gasteiger partial charge in [0.2, 0.25) is 10.0 Å². The van der Waals surface area contributed by atoms with Crippen molar-refractivity contribution in [2.24, 2.45) is 0 Å². The normalized spacial score (nSPS) is 15.8. The fraction of sp³-hybridized carbons (Fsp3) is 0.231. The molecule has 0 unspecified atom stereocenters. The van der Waals surface area contributed by atoms with E-state index < -0.39 is 10.0 Å². The van der Waals surface area contributed by atoms with Gasteiger partial charge in [-0.05, 0) is 49.2 Å². The van der Waals surface area contributed by atoms with Gasteiger partial charge in [0, 0.05) is 11.6 Å². The van der Waals surface area contributed by atoms with Crippen LogP contribution in [0.5, 0.6) is 0 Å². The molecule has 0 bridgehead atoms. The number of nitrogens with one attached hydrogen (secondary N) is 1. The van der Waals surface area contributed by atoms with Crippen LogP contribution in [0.2, 0.25) is 0 Å². The molecule has 3 rings (SSSR count). The van der Waals surface area contributed by atoms with Crippen molar-refractivity contribution in [1.29, 1.82) is 0 Å². The fourth-order valence-corrected chi connectivity index (χ4v) is 3.03. The molecule has 1 saturated carbocycles. The Balaban J connectivity index is 1.86. The molecule has 1 aromatic heterocycles. The second kappa shape index (κ2) is 4.26. The molecule has 18 heavy (non-hydrogen) atoms. The Hall–Kier alpha value is -1.59. The minimum atomic E-state index is -3.36. The maximum atomic E-state index is 11.9. The minimum absolute atomic E-state index is 0.125. The maximum Gasteiger partial charge on any atom is 0.240 e. The Morgan fingerprint density at radius 3 is 2.39 bits per heavy atom. The Kier molecular flexibility index (Phi) is 2.72. The molecule has 2 aromatic rings. The van der Waals surface area contributed by atoms with E-state index in [1.165, 1.54) is 0 Å². The molecule has 0 spiro atoms. The number of hydrogen-bond donors (Lipinski definition) is 1. The van der Waals surface area contributed by atoms with Gasteiger partial charge in [-0.1, -0.05) is 0 Å². The molecule has 1 heterocycles.